The molecule has 0 aliphatic carbocycles. The Morgan fingerprint density at radius 1 is 1.26 bits per heavy atom. The summed E-state index contributed by atoms with van der Waals surface area (Å²) >= 11 is 0. The summed E-state index contributed by atoms with van der Waals surface area (Å²) in [6.45, 7) is 10.1. The second-order valence-corrected chi connectivity index (χ2v) is 6.20. The first-order valence-electron chi connectivity index (χ1n) is 9.20. The van der Waals surface area contributed by atoms with Gasteiger partial charge in [-0.3, -0.25) is 4.99 Å². The van der Waals surface area contributed by atoms with Gasteiger partial charge >= 0.3 is 0 Å². The van der Waals surface area contributed by atoms with Crippen LogP contribution in [0.4, 0.5) is 5.69 Å². The van der Waals surface area contributed by atoms with Crippen molar-refractivity contribution in [3.8, 4) is 5.75 Å². The van der Waals surface area contributed by atoms with Crippen LogP contribution in [0.25, 0.3) is 0 Å². The van der Waals surface area contributed by atoms with Crippen LogP contribution in [0, 0.1) is 0 Å². The highest BCUT2D eigenvalue weighted by molar-refractivity contribution is 5.93. The zero-order chi connectivity index (χ0) is 19.3. The number of aliphatic imine (C=N–C) groups is 1. The maximum absolute atomic E-state index is 5.66. The summed E-state index contributed by atoms with van der Waals surface area (Å²) in [6, 6.07) is 11.6. The van der Waals surface area contributed by atoms with Gasteiger partial charge in [-0.05, 0) is 56.7 Å². The quantitative estimate of drug-likeness (QED) is 0.268. The van der Waals surface area contributed by atoms with E-state index in [1.54, 1.807) is 12.3 Å². The number of anilines is 1. The van der Waals surface area contributed by atoms with E-state index >= 15 is 0 Å². The minimum atomic E-state index is 0.158. The summed E-state index contributed by atoms with van der Waals surface area (Å²) in [6.07, 6.45) is 4.42. The summed E-state index contributed by atoms with van der Waals surface area (Å²) in [7, 11) is 0. The van der Waals surface area contributed by atoms with Crippen LogP contribution in [0.1, 0.15) is 26.0 Å². The van der Waals surface area contributed by atoms with Gasteiger partial charge in [0.15, 0.2) is 5.96 Å². The minimum Gasteiger partial charge on any atom is -0.491 e. The number of ether oxygens (including phenoxy) is 2. The lowest BCUT2D eigenvalue weighted by molar-refractivity contribution is 0.105. The van der Waals surface area contributed by atoms with Crippen molar-refractivity contribution in [2.75, 3.05) is 25.0 Å². The Balaban J connectivity index is 1.78. The topological polar surface area (TPSA) is 68.0 Å². The van der Waals surface area contributed by atoms with Crippen LogP contribution in [-0.2, 0) is 11.3 Å². The molecule has 146 valence electrons. The highest BCUT2D eigenvalue weighted by atomic mass is 16.5. The summed E-state index contributed by atoms with van der Waals surface area (Å²) in [4.78, 5) is 4.57. The van der Waals surface area contributed by atoms with Gasteiger partial charge in [-0.2, -0.15) is 0 Å². The average molecular weight is 371 g/mol. The first-order chi connectivity index (χ1) is 13.2. The average Bonchev–Trinajstić information content (AvgIpc) is 3.17. The summed E-state index contributed by atoms with van der Waals surface area (Å²) in [5, 5.41) is 6.50. The van der Waals surface area contributed by atoms with Gasteiger partial charge in [0.1, 0.15) is 18.1 Å². The number of hydrogen-bond acceptors (Lipinski definition) is 4. The molecule has 0 spiro atoms. The third-order valence-corrected chi connectivity index (χ3v) is 3.44. The lowest BCUT2D eigenvalue weighted by atomic mass is 10.3. The predicted molar refractivity (Wildman–Crippen MR) is 109 cm³/mol. The van der Waals surface area contributed by atoms with E-state index in [9.17, 15) is 0 Å². The first-order valence-corrected chi connectivity index (χ1v) is 9.20. The van der Waals surface area contributed by atoms with E-state index < -0.39 is 0 Å². The molecule has 0 amide bonds. The fourth-order valence-electron chi connectivity index (χ4n) is 2.26. The maximum Gasteiger partial charge on any atom is 0.196 e. The predicted octanol–water partition coefficient (Wildman–Crippen LogP) is 4.22. The Morgan fingerprint density at radius 2 is 2.07 bits per heavy atom. The van der Waals surface area contributed by atoms with Crippen molar-refractivity contribution in [2.45, 2.75) is 33.0 Å². The van der Waals surface area contributed by atoms with Crippen molar-refractivity contribution in [2.24, 2.45) is 4.99 Å². The highest BCUT2D eigenvalue weighted by Gasteiger charge is 2.02. The van der Waals surface area contributed by atoms with Gasteiger partial charge in [-0.15, -0.1) is 6.58 Å². The fourth-order valence-corrected chi connectivity index (χ4v) is 2.26. The molecule has 2 rings (SSSR count). The molecular formula is C21H29N3O3. The summed E-state index contributed by atoms with van der Waals surface area (Å²) in [5.74, 6) is 2.39. The van der Waals surface area contributed by atoms with Gasteiger partial charge in [0.05, 0.1) is 12.4 Å². The number of rotatable bonds is 11. The van der Waals surface area contributed by atoms with Gasteiger partial charge in [-0.1, -0.05) is 6.08 Å². The van der Waals surface area contributed by atoms with E-state index in [0.717, 1.165) is 23.6 Å². The molecule has 1 aromatic heterocycles. The van der Waals surface area contributed by atoms with E-state index in [-0.39, 0.29) is 6.10 Å². The molecule has 2 aromatic rings. The lowest BCUT2D eigenvalue weighted by Gasteiger charge is -2.13. The normalized spacial score (nSPS) is 11.4. The molecule has 0 atom stereocenters. The van der Waals surface area contributed by atoms with Crippen LogP contribution >= 0.6 is 0 Å². The molecular weight excluding hydrogens is 342 g/mol. The third-order valence-electron chi connectivity index (χ3n) is 3.44. The molecule has 1 aromatic carbocycles. The Kier molecular flexibility index (Phi) is 9.00. The van der Waals surface area contributed by atoms with Gasteiger partial charge in [0.25, 0.3) is 0 Å². The monoisotopic (exact) mass is 371 g/mol. The van der Waals surface area contributed by atoms with Crippen LogP contribution in [-0.4, -0.2) is 31.8 Å². The standard InChI is InChI=1S/C21H29N3O3/c1-4-12-22-21(23-13-6-14-25-16-20-7-5-15-26-20)24-18-8-10-19(11-9-18)27-17(2)3/h4-5,7-11,15,17H,1,6,12-14,16H2,2-3H3,(H2,22,23,24). The van der Waals surface area contributed by atoms with Crippen LogP contribution in [0.2, 0.25) is 0 Å². The van der Waals surface area contributed by atoms with Crippen LogP contribution in [0.5, 0.6) is 5.75 Å². The second kappa shape index (κ2) is 11.8. The Morgan fingerprint density at radius 3 is 2.74 bits per heavy atom. The molecule has 6 nitrogen and oxygen atoms in total. The Hall–Kier alpha value is -2.73. The molecule has 27 heavy (non-hydrogen) atoms. The molecule has 0 aliphatic heterocycles. The molecule has 0 aliphatic rings. The van der Waals surface area contributed by atoms with Crippen LogP contribution in [0.3, 0.4) is 0 Å². The van der Waals surface area contributed by atoms with Gasteiger partial charge in [0.2, 0.25) is 0 Å². The van der Waals surface area contributed by atoms with Crippen molar-refractivity contribution < 1.29 is 13.9 Å². The molecule has 0 unspecified atom stereocenters. The van der Waals surface area contributed by atoms with Crippen molar-refractivity contribution in [3.05, 3.63) is 61.1 Å². The van der Waals surface area contributed by atoms with Crippen LogP contribution < -0.4 is 15.4 Å². The van der Waals surface area contributed by atoms with Crippen molar-refractivity contribution in [1.82, 2.24) is 5.32 Å². The molecule has 0 fully saturated rings. The molecule has 0 saturated carbocycles. The second-order valence-electron chi connectivity index (χ2n) is 6.20. The van der Waals surface area contributed by atoms with Gasteiger partial charge in [0, 0.05) is 25.4 Å². The smallest absolute Gasteiger partial charge is 0.196 e. The molecule has 6 heteroatoms. The molecule has 0 bridgehead atoms. The number of benzene rings is 1. The van der Waals surface area contributed by atoms with E-state index in [1.165, 1.54) is 0 Å². The molecule has 0 radical (unpaired) electrons. The minimum absolute atomic E-state index is 0.158. The Labute approximate surface area is 161 Å². The zero-order valence-electron chi connectivity index (χ0n) is 16.1. The van der Waals surface area contributed by atoms with E-state index in [0.29, 0.717) is 32.3 Å². The summed E-state index contributed by atoms with van der Waals surface area (Å²) < 4.78 is 16.5. The van der Waals surface area contributed by atoms with Crippen molar-refractivity contribution >= 4 is 11.6 Å². The zero-order valence-corrected chi connectivity index (χ0v) is 16.1. The van der Waals surface area contributed by atoms with E-state index in [4.69, 9.17) is 13.9 Å². The maximum atomic E-state index is 5.66. The molecule has 1 heterocycles. The van der Waals surface area contributed by atoms with E-state index in [1.807, 2.05) is 50.2 Å². The number of nitrogens with one attached hydrogen (secondary N) is 2. The largest absolute Gasteiger partial charge is 0.491 e. The number of furan rings is 1. The molecule has 0 saturated heterocycles. The van der Waals surface area contributed by atoms with Crippen LogP contribution in [0.15, 0.2) is 64.7 Å². The number of hydrogen-bond donors (Lipinski definition) is 2. The lowest BCUT2D eigenvalue weighted by Crippen LogP contribution is -2.31. The highest BCUT2D eigenvalue weighted by Crippen LogP contribution is 2.16. The van der Waals surface area contributed by atoms with Crippen molar-refractivity contribution in [3.63, 3.8) is 0 Å². The fraction of sp³-hybridized carbons (Fsp3) is 0.381. The molecule has 2 N–H and O–H groups in total. The SMILES string of the molecule is C=CCNC(=NCCCOCc1ccco1)Nc1ccc(OC(C)C)cc1. The van der Waals surface area contributed by atoms with Gasteiger partial charge in [-0.25, -0.2) is 0 Å². The summed E-state index contributed by atoms with van der Waals surface area (Å²) in [5.41, 5.74) is 0.940. The number of nitrogens with zero attached hydrogens (tertiary/aromatic N) is 1. The first kappa shape index (κ1) is 20.6. The van der Waals surface area contributed by atoms with Gasteiger partial charge < -0.3 is 24.5 Å². The number of guanidine groups is 1. The third kappa shape index (κ3) is 8.46. The van der Waals surface area contributed by atoms with Crippen molar-refractivity contribution in [1.29, 1.82) is 0 Å². The Bertz CT molecular complexity index is 679. The van der Waals surface area contributed by atoms with E-state index in [2.05, 4.69) is 22.2 Å².